The van der Waals surface area contributed by atoms with Crippen molar-refractivity contribution < 1.29 is 4.92 Å². The number of hydrogen-bond donors (Lipinski definition) is 1. The Morgan fingerprint density at radius 1 is 1.32 bits per heavy atom. The van der Waals surface area contributed by atoms with Gasteiger partial charge in [0.1, 0.15) is 0 Å². The van der Waals surface area contributed by atoms with E-state index in [-0.39, 0.29) is 10.6 Å². The van der Waals surface area contributed by atoms with Crippen molar-refractivity contribution in [2.24, 2.45) is 0 Å². The molecule has 0 fully saturated rings. The highest BCUT2D eigenvalue weighted by molar-refractivity contribution is 5.92. The van der Waals surface area contributed by atoms with Gasteiger partial charge in [0.2, 0.25) is 0 Å². The predicted octanol–water partition coefficient (Wildman–Crippen LogP) is 2.14. The third kappa shape index (κ3) is 1.96. The fourth-order valence-electron chi connectivity index (χ4n) is 2.82. The summed E-state index contributed by atoms with van der Waals surface area (Å²) in [6.07, 6.45) is 1.77. The summed E-state index contributed by atoms with van der Waals surface area (Å²) in [5, 5.41) is 15.2. The molecular formula is C14H15N3O2. The number of non-ortho nitro benzene ring substituents is 1. The summed E-state index contributed by atoms with van der Waals surface area (Å²) in [5.41, 5.74) is 4.15. The number of rotatable bonds is 1. The first-order valence-corrected chi connectivity index (χ1v) is 6.44. The molecule has 1 aromatic heterocycles. The van der Waals surface area contributed by atoms with Crippen LogP contribution in [0.15, 0.2) is 18.2 Å². The molecule has 1 aliphatic heterocycles. The molecule has 2 heterocycles. The maximum atomic E-state index is 11.2. The van der Waals surface area contributed by atoms with Crippen LogP contribution in [0.2, 0.25) is 0 Å². The number of fused-ring (bicyclic) bond motifs is 2. The fraction of sp³-hybridized carbons (Fsp3) is 0.357. The zero-order valence-corrected chi connectivity index (χ0v) is 10.8. The van der Waals surface area contributed by atoms with E-state index in [1.165, 1.54) is 5.56 Å². The van der Waals surface area contributed by atoms with E-state index in [0.717, 1.165) is 42.7 Å². The summed E-state index contributed by atoms with van der Waals surface area (Å²) in [5.74, 6) is 0. The van der Waals surface area contributed by atoms with Crippen molar-refractivity contribution >= 4 is 16.6 Å². The Bertz CT molecular complexity index is 667. The van der Waals surface area contributed by atoms with Crippen LogP contribution in [0.1, 0.15) is 16.8 Å². The minimum Gasteiger partial charge on any atom is -0.316 e. The number of nitro groups is 1. The van der Waals surface area contributed by atoms with E-state index >= 15 is 0 Å². The maximum Gasteiger partial charge on any atom is 0.279 e. The minimum absolute atomic E-state index is 0.155. The zero-order valence-electron chi connectivity index (χ0n) is 10.8. The van der Waals surface area contributed by atoms with E-state index in [1.807, 2.05) is 13.0 Å². The molecule has 1 aromatic carbocycles. The van der Waals surface area contributed by atoms with Crippen molar-refractivity contribution in [2.45, 2.75) is 19.8 Å². The van der Waals surface area contributed by atoms with Crippen molar-refractivity contribution in [3.8, 4) is 0 Å². The maximum absolute atomic E-state index is 11.2. The number of pyridine rings is 1. The molecule has 0 unspecified atom stereocenters. The highest BCUT2D eigenvalue weighted by Crippen LogP contribution is 2.31. The number of benzene rings is 1. The third-order valence-corrected chi connectivity index (χ3v) is 3.74. The molecule has 0 amide bonds. The second-order valence-electron chi connectivity index (χ2n) is 4.84. The molecule has 5 heteroatoms. The number of nitro benzene ring substituents is 1. The van der Waals surface area contributed by atoms with Gasteiger partial charge in [-0.15, -0.1) is 0 Å². The zero-order chi connectivity index (χ0) is 13.4. The van der Waals surface area contributed by atoms with Gasteiger partial charge in [0.15, 0.2) is 0 Å². The Hall–Kier alpha value is -2.01. The second-order valence-corrected chi connectivity index (χ2v) is 4.84. The summed E-state index contributed by atoms with van der Waals surface area (Å²) in [6.45, 7) is 3.79. The summed E-state index contributed by atoms with van der Waals surface area (Å²) in [4.78, 5) is 15.5. The lowest BCUT2D eigenvalue weighted by Crippen LogP contribution is -2.16. The van der Waals surface area contributed by atoms with Crippen LogP contribution in [-0.4, -0.2) is 23.0 Å². The van der Waals surface area contributed by atoms with Gasteiger partial charge in [-0.1, -0.05) is 6.07 Å². The first-order valence-electron chi connectivity index (χ1n) is 6.44. The number of nitrogens with one attached hydrogen (secondary N) is 1. The van der Waals surface area contributed by atoms with Crippen LogP contribution >= 0.6 is 0 Å². The highest BCUT2D eigenvalue weighted by atomic mass is 16.6. The summed E-state index contributed by atoms with van der Waals surface area (Å²) in [6, 6.07) is 5.11. The van der Waals surface area contributed by atoms with E-state index in [0.29, 0.717) is 5.39 Å². The molecule has 98 valence electrons. The van der Waals surface area contributed by atoms with E-state index in [9.17, 15) is 10.1 Å². The Kier molecular flexibility index (Phi) is 2.91. The molecule has 0 bridgehead atoms. The van der Waals surface area contributed by atoms with Crippen molar-refractivity contribution in [3.63, 3.8) is 0 Å². The molecule has 0 saturated carbocycles. The summed E-state index contributed by atoms with van der Waals surface area (Å²) < 4.78 is 0. The lowest BCUT2D eigenvalue weighted by Gasteiger charge is -2.12. The van der Waals surface area contributed by atoms with Crippen LogP contribution in [-0.2, 0) is 12.8 Å². The molecule has 2 aromatic rings. The molecule has 1 aliphatic rings. The first kappa shape index (κ1) is 12.0. The Balaban J connectivity index is 2.35. The van der Waals surface area contributed by atoms with Crippen LogP contribution in [0.3, 0.4) is 0 Å². The number of nitrogens with zero attached hydrogens (tertiary/aromatic N) is 2. The van der Waals surface area contributed by atoms with Crippen LogP contribution in [0.25, 0.3) is 10.9 Å². The van der Waals surface area contributed by atoms with E-state index in [2.05, 4.69) is 10.3 Å². The molecule has 0 radical (unpaired) electrons. The van der Waals surface area contributed by atoms with Gasteiger partial charge in [-0.2, -0.15) is 0 Å². The Morgan fingerprint density at radius 2 is 2.11 bits per heavy atom. The molecule has 0 atom stereocenters. The van der Waals surface area contributed by atoms with Crippen LogP contribution in [0.5, 0.6) is 0 Å². The van der Waals surface area contributed by atoms with Gasteiger partial charge >= 0.3 is 0 Å². The first-order chi connectivity index (χ1) is 9.18. The topological polar surface area (TPSA) is 68.1 Å². The van der Waals surface area contributed by atoms with E-state index < -0.39 is 0 Å². The summed E-state index contributed by atoms with van der Waals surface area (Å²) >= 11 is 0. The summed E-state index contributed by atoms with van der Waals surface area (Å²) in [7, 11) is 0. The van der Waals surface area contributed by atoms with Crippen molar-refractivity contribution in [1.29, 1.82) is 0 Å². The molecule has 1 N–H and O–H groups in total. The molecule has 3 rings (SSSR count). The normalized spacial score (nSPS) is 15.0. The Labute approximate surface area is 110 Å². The van der Waals surface area contributed by atoms with Gasteiger partial charge in [-0.3, -0.25) is 15.1 Å². The van der Waals surface area contributed by atoms with Gasteiger partial charge in [0, 0.05) is 24.7 Å². The predicted molar refractivity (Wildman–Crippen MR) is 73.4 cm³/mol. The van der Waals surface area contributed by atoms with E-state index in [4.69, 9.17) is 0 Å². The lowest BCUT2D eigenvalue weighted by atomic mass is 9.97. The number of aromatic nitrogens is 1. The van der Waals surface area contributed by atoms with Crippen LogP contribution < -0.4 is 5.32 Å². The fourth-order valence-corrected chi connectivity index (χ4v) is 2.82. The average Bonchev–Trinajstić information content (AvgIpc) is 2.63. The lowest BCUT2D eigenvalue weighted by molar-refractivity contribution is -0.383. The molecule has 0 saturated heterocycles. The van der Waals surface area contributed by atoms with Gasteiger partial charge in [0.25, 0.3) is 5.69 Å². The second kappa shape index (κ2) is 4.59. The minimum atomic E-state index is -0.321. The van der Waals surface area contributed by atoms with Crippen molar-refractivity contribution in [2.75, 3.05) is 13.1 Å². The highest BCUT2D eigenvalue weighted by Gasteiger charge is 2.20. The average molecular weight is 257 g/mol. The van der Waals surface area contributed by atoms with Crippen molar-refractivity contribution in [3.05, 3.63) is 45.1 Å². The Morgan fingerprint density at radius 3 is 2.89 bits per heavy atom. The van der Waals surface area contributed by atoms with Crippen molar-refractivity contribution in [1.82, 2.24) is 10.3 Å². The molecule has 19 heavy (non-hydrogen) atoms. The van der Waals surface area contributed by atoms with Gasteiger partial charge in [-0.25, -0.2) is 0 Å². The van der Waals surface area contributed by atoms with E-state index in [1.54, 1.807) is 12.1 Å². The molecule has 5 nitrogen and oxygen atoms in total. The number of aryl methyl sites for hydroxylation is 1. The largest absolute Gasteiger partial charge is 0.316 e. The van der Waals surface area contributed by atoms with Gasteiger partial charge in [0.05, 0.1) is 15.8 Å². The standard InChI is InChI=1S/C14H15N3O2/c1-9-10-5-7-15-8-6-11(10)16-12-3-2-4-13(14(9)12)17(18)19/h2-4,15H,5-8H2,1H3. The van der Waals surface area contributed by atoms with Gasteiger partial charge in [-0.05, 0) is 37.1 Å². The third-order valence-electron chi connectivity index (χ3n) is 3.74. The van der Waals surface area contributed by atoms with Gasteiger partial charge < -0.3 is 5.32 Å². The SMILES string of the molecule is Cc1c2c(nc3cccc([N+](=O)[O-])c13)CCNCC2. The molecule has 0 spiro atoms. The molecule has 0 aliphatic carbocycles. The van der Waals surface area contributed by atoms with Crippen LogP contribution in [0.4, 0.5) is 5.69 Å². The quantitative estimate of drug-likeness (QED) is 0.627. The smallest absolute Gasteiger partial charge is 0.279 e. The molecular weight excluding hydrogens is 242 g/mol. The number of hydrogen-bond acceptors (Lipinski definition) is 4. The monoisotopic (exact) mass is 257 g/mol. The van der Waals surface area contributed by atoms with Crippen LogP contribution in [0, 0.1) is 17.0 Å².